The van der Waals surface area contributed by atoms with E-state index >= 15 is 0 Å². The fraction of sp³-hybridized carbons (Fsp3) is 0.429. The van der Waals surface area contributed by atoms with E-state index in [1.54, 1.807) is 26.0 Å². The fourth-order valence-corrected chi connectivity index (χ4v) is 1.76. The minimum atomic E-state index is -0.588. The van der Waals surface area contributed by atoms with Crippen LogP contribution in [0.25, 0.3) is 0 Å². The lowest BCUT2D eigenvalue weighted by Gasteiger charge is -2.20. The van der Waals surface area contributed by atoms with Crippen molar-refractivity contribution < 1.29 is 19.1 Å². The molecule has 0 radical (unpaired) electrons. The molecule has 0 saturated heterocycles. The van der Waals surface area contributed by atoms with Crippen LogP contribution in [0.2, 0.25) is 0 Å². The molecule has 1 aromatic carbocycles. The predicted octanol–water partition coefficient (Wildman–Crippen LogP) is 1.25. The zero-order valence-corrected chi connectivity index (χ0v) is 12.1. The Bertz CT molecular complexity index is 529. The van der Waals surface area contributed by atoms with Crippen molar-refractivity contribution in [2.45, 2.75) is 13.5 Å². The molecule has 0 saturated carbocycles. The maximum atomic E-state index is 13.5. The van der Waals surface area contributed by atoms with E-state index in [-0.39, 0.29) is 35.9 Å². The SMILES string of the molecule is CC(=O)c1cc(F)cc(CN(C)CC(=O)N(C)C)c1O. The van der Waals surface area contributed by atoms with Crippen LogP contribution in [0.15, 0.2) is 12.1 Å². The van der Waals surface area contributed by atoms with Crippen LogP contribution in [0.5, 0.6) is 5.75 Å². The molecule has 110 valence electrons. The summed E-state index contributed by atoms with van der Waals surface area (Å²) in [5.41, 5.74) is 0.233. The zero-order chi connectivity index (χ0) is 15.4. The maximum absolute atomic E-state index is 13.5. The molecule has 1 amide bonds. The number of benzene rings is 1. The highest BCUT2D eigenvalue weighted by atomic mass is 19.1. The molecule has 0 bridgehead atoms. The number of hydrogen-bond acceptors (Lipinski definition) is 4. The van der Waals surface area contributed by atoms with Gasteiger partial charge in [-0.25, -0.2) is 4.39 Å². The molecule has 0 atom stereocenters. The molecule has 0 unspecified atom stereocenters. The highest BCUT2D eigenvalue weighted by Crippen LogP contribution is 2.25. The van der Waals surface area contributed by atoms with Gasteiger partial charge >= 0.3 is 0 Å². The van der Waals surface area contributed by atoms with Crippen molar-refractivity contribution >= 4 is 11.7 Å². The summed E-state index contributed by atoms with van der Waals surface area (Å²) in [5, 5.41) is 9.97. The molecule has 1 aromatic rings. The number of carbonyl (C=O) groups excluding carboxylic acids is 2. The van der Waals surface area contributed by atoms with Gasteiger partial charge in [-0.1, -0.05) is 0 Å². The summed E-state index contributed by atoms with van der Waals surface area (Å²) in [7, 11) is 4.96. The number of carbonyl (C=O) groups is 2. The zero-order valence-electron chi connectivity index (χ0n) is 12.1. The van der Waals surface area contributed by atoms with E-state index in [2.05, 4.69) is 0 Å². The van der Waals surface area contributed by atoms with Gasteiger partial charge in [-0.3, -0.25) is 14.5 Å². The first-order valence-electron chi connectivity index (χ1n) is 6.13. The molecule has 5 nitrogen and oxygen atoms in total. The number of amides is 1. The molecule has 1 rings (SSSR count). The minimum absolute atomic E-state index is 0.0488. The Morgan fingerprint density at radius 1 is 1.25 bits per heavy atom. The third-order valence-electron chi connectivity index (χ3n) is 2.88. The van der Waals surface area contributed by atoms with Crippen LogP contribution in [0.4, 0.5) is 4.39 Å². The number of ketones is 1. The number of halogens is 1. The van der Waals surface area contributed by atoms with Gasteiger partial charge in [0.15, 0.2) is 5.78 Å². The van der Waals surface area contributed by atoms with E-state index in [4.69, 9.17) is 0 Å². The number of phenolic OH excluding ortho intramolecular Hbond substituents is 1. The molecule has 0 fully saturated rings. The monoisotopic (exact) mass is 282 g/mol. The van der Waals surface area contributed by atoms with Gasteiger partial charge in [0.25, 0.3) is 0 Å². The number of likely N-dealkylation sites (N-methyl/N-ethyl adjacent to an activating group) is 2. The predicted molar refractivity (Wildman–Crippen MR) is 73.1 cm³/mol. The highest BCUT2D eigenvalue weighted by molar-refractivity contribution is 5.97. The molecule has 0 spiro atoms. The van der Waals surface area contributed by atoms with Crippen molar-refractivity contribution in [1.29, 1.82) is 0 Å². The van der Waals surface area contributed by atoms with Gasteiger partial charge in [0.05, 0.1) is 12.1 Å². The van der Waals surface area contributed by atoms with Gasteiger partial charge in [0.2, 0.25) is 5.91 Å². The quantitative estimate of drug-likeness (QED) is 0.826. The first-order valence-corrected chi connectivity index (χ1v) is 6.13. The molecule has 1 N–H and O–H groups in total. The lowest BCUT2D eigenvalue weighted by Crippen LogP contribution is -2.34. The first-order chi connectivity index (χ1) is 9.22. The standard InChI is InChI=1S/C14H19FN2O3/c1-9(18)12-6-11(15)5-10(14(12)20)7-17(4)8-13(19)16(2)3/h5-6,20H,7-8H2,1-4H3. The van der Waals surface area contributed by atoms with E-state index in [0.29, 0.717) is 0 Å². The summed E-state index contributed by atoms with van der Waals surface area (Å²) in [6, 6.07) is 2.17. The number of nitrogens with zero attached hydrogens (tertiary/aromatic N) is 2. The minimum Gasteiger partial charge on any atom is -0.507 e. The van der Waals surface area contributed by atoms with E-state index in [1.807, 2.05) is 0 Å². The normalized spacial score (nSPS) is 10.7. The molecule has 0 aliphatic rings. The Hall–Kier alpha value is -1.95. The summed E-state index contributed by atoms with van der Waals surface area (Å²) in [6.45, 7) is 1.57. The largest absolute Gasteiger partial charge is 0.507 e. The van der Waals surface area contributed by atoms with Gasteiger partial charge in [-0.05, 0) is 26.1 Å². The maximum Gasteiger partial charge on any atom is 0.236 e. The number of Topliss-reactive ketones (excluding diaryl/α,β-unsaturated/α-hetero) is 1. The van der Waals surface area contributed by atoms with Gasteiger partial charge < -0.3 is 10.0 Å². The van der Waals surface area contributed by atoms with Gasteiger partial charge in [-0.2, -0.15) is 0 Å². The second kappa shape index (κ2) is 6.47. The molecule has 0 heterocycles. The Morgan fingerprint density at radius 2 is 1.85 bits per heavy atom. The van der Waals surface area contributed by atoms with Crippen LogP contribution in [-0.4, -0.2) is 54.3 Å². The van der Waals surface area contributed by atoms with Gasteiger partial charge in [0, 0.05) is 26.2 Å². The lowest BCUT2D eigenvalue weighted by molar-refractivity contribution is -0.129. The Balaban J connectivity index is 2.92. The second-order valence-corrected chi connectivity index (χ2v) is 4.98. The highest BCUT2D eigenvalue weighted by Gasteiger charge is 2.16. The third kappa shape index (κ3) is 4.03. The smallest absolute Gasteiger partial charge is 0.236 e. The first kappa shape index (κ1) is 16.1. The van der Waals surface area contributed by atoms with Crippen LogP contribution < -0.4 is 0 Å². The van der Waals surface area contributed by atoms with Crippen molar-refractivity contribution in [3.05, 3.63) is 29.1 Å². The van der Waals surface area contributed by atoms with Crippen molar-refractivity contribution in [2.24, 2.45) is 0 Å². The molecule has 0 aliphatic carbocycles. The van der Waals surface area contributed by atoms with Crippen LogP contribution in [0, 0.1) is 5.82 Å². The molecule has 20 heavy (non-hydrogen) atoms. The Labute approximate surface area is 117 Å². The molecule has 6 heteroatoms. The van der Waals surface area contributed by atoms with E-state index in [9.17, 15) is 19.1 Å². The van der Waals surface area contributed by atoms with Gasteiger partial charge in [-0.15, -0.1) is 0 Å². The number of aromatic hydroxyl groups is 1. The molecule has 0 aromatic heterocycles. The van der Waals surface area contributed by atoms with E-state index in [0.717, 1.165) is 6.07 Å². The molecule has 0 aliphatic heterocycles. The summed E-state index contributed by atoms with van der Waals surface area (Å²) in [6.07, 6.45) is 0. The van der Waals surface area contributed by atoms with E-state index in [1.165, 1.54) is 17.9 Å². The number of hydrogen-bond donors (Lipinski definition) is 1. The summed E-state index contributed by atoms with van der Waals surface area (Å²) in [5.74, 6) is -1.33. The average Bonchev–Trinajstić information content (AvgIpc) is 2.32. The van der Waals surface area contributed by atoms with Gasteiger partial charge in [0.1, 0.15) is 11.6 Å². The van der Waals surface area contributed by atoms with Crippen molar-refractivity contribution in [1.82, 2.24) is 9.80 Å². The summed E-state index contributed by atoms with van der Waals surface area (Å²) in [4.78, 5) is 26.0. The average molecular weight is 282 g/mol. The molecular weight excluding hydrogens is 263 g/mol. The topological polar surface area (TPSA) is 60.9 Å². The lowest BCUT2D eigenvalue weighted by atomic mass is 10.0. The van der Waals surface area contributed by atoms with Crippen molar-refractivity contribution in [2.75, 3.05) is 27.7 Å². The second-order valence-electron chi connectivity index (χ2n) is 4.98. The van der Waals surface area contributed by atoms with Crippen LogP contribution >= 0.6 is 0 Å². The Kier molecular flexibility index (Phi) is 5.21. The van der Waals surface area contributed by atoms with Crippen molar-refractivity contribution in [3.63, 3.8) is 0 Å². The third-order valence-corrected chi connectivity index (χ3v) is 2.88. The summed E-state index contributed by atoms with van der Waals surface area (Å²) >= 11 is 0. The molecular formula is C14H19FN2O3. The summed E-state index contributed by atoms with van der Waals surface area (Å²) < 4.78 is 13.5. The number of phenols is 1. The fourth-order valence-electron chi connectivity index (χ4n) is 1.76. The van der Waals surface area contributed by atoms with Crippen LogP contribution in [-0.2, 0) is 11.3 Å². The van der Waals surface area contributed by atoms with Crippen molar-refractivity contribution in [3.8, 4) is 5.75 Å². The van der Waals surface area contributed by atoms with Crippen LogP contribution in [0.3, 0.4) is 0 Å². The number of rotatable bonds is 5. The van der Waals surface area contributed by atoms with Crippen LogP contribution in [0.1, 0.15) is 22.8 Å². The Morgan fingerprint density at radius 3 is 2.35 bits per heavy atom. The van der Waals surface area contributed by atoms with E-state index < -0.39 is 11.6 Å².